The van der Waals surface area contributed by atoms with Gasteiger partial charge >= 0.3 is 37.9 Å². The summed E-state index contributed by atoms with van der Waals surface area (Å²) < 4.78 is 0. The molecule has 0 bridgehead atoms. The van der Waals surface area contributed by atoms with Crippen LogP contribution in [0.4, 0.5) is 0 Å². The first kappa shape index (κ1) is 47.7. The Hall–Kier alpha value is -3.78. The normalized spacial score (nSPS) is 11.7. The second-order valence-electron chi connectivity index (χ2n) is 18.5. The molecule has 0 atom stereocenters. The van der Waals surface area contributed by atoms with Crippen molar-refractivity contribution in [2.45, 2.75) is 106 Å². The smallest absolute Gasteiger partial charge is 0.0920 e. The predicted molar refractivity (Wildman–Crippen MR) is 272 cm³/mol. The van der Waals surface area contributed by atoms with Crippen LogP contribution in [0.15, 0.2) is 140 Å². The topological polar surface area (TPSA) is 0 Å². The van der Waals surface area contributed by atoms with E-state index in [1.54, 1.807) is 0 Å². The van der Waals surface area contributed by atoms with Gasteiger partial charge in [-0.15, -0.1) is 74.6 Å². The van der Waals surface area contributed by atoms with Crippen LogP contribution in [0.1, 0.15) is 102 Å². The molecule has 1 aliphatic heterocycles. The molecule has 0 fully saturated rings. The minimum atomic E-state index is -0.826. The molecule has 1 heterocycles. The van der Waals surface area contributed by atoms with Crippen molar-refractivity contribution in [3.63, 3.8) is 0 Å². The molecule has 8 aromatic rings. The van der Waals surface area contributed by atoms with Gasteiger partial charge < -0.3 is 0 Å². The molecular formula is C58H61Cl2SiZr-3. The Labute approximate surface area is 394 Å². The van der Waals surface area contributed by atoms with Crippen molar-refractivity contribution in [1.82, 2.24) is 0 Å². The molecule has 0 aromatic heterocycles. The van der Waals surface area contributed by atoms with Crippen LogP contribution in [0.3, 0.4) is 0 Å². The number of halogens is 2. The Morgan fingerprint density at radius 3 is 1.40 bits per heavy atom. The third-order valence-corrected chi connectivity index (χ3v) is 13.1. The molecule has 0 N–H and O–H groups in total. The fraction of sp³-hybridized carbons (Fsp3) is 0.276. The quantitative estimate of drug-likeness (QED) is 0.115. The molecule has 0 unspecified atom stereocenters. The fourth-order valence-electron chi connectivity index (χ4n) is 8.82. The first-order valence-electron chi connectivity index (χ1n) is 22.1. The Balaban J connectivity index is 0.000000155. The average molecular weight is 948 g/mol. The van der Waals surface area contributed by atoms with Crippen molar-refractivity contribution >= 4 is 58.5 Å². The van der Waals surface area contributed by atoms with E-state index >= 15 is 0 Å². The van der Waals surface area contributed by atoms with E-state index in [1.807, 2.05) is 6.07 Å². The number of hydrogen-bond acceptors (Lipinski definition) is 0. The van der Waals surface area contributed by atoms with Gasteiger partial charge in [-0.3, -0.25) is 0 Å². The van der Waals surface area contributed by atoms with Crippen LogP contribution in [0.25, 0.3) is 54.9 Å². The summed E-state index contributed by atoms with van der Waals surface area (Å²) in [6, 6.07) is 54.5. The summed E-state index contributed by atoms with van der Waals surface area (Å²) in [7, 11) is 10.7. The molecule has 9 rings (SSSR count). The SMILES string of the molecule is CCCc1cc2c(-c3ccccc3C)c(C(C)(C)C)ccc2[cH-]1.CCCc1cc2c(-c3ccccc3C)c(C(C)(C)C)ccc2[cH-]1.[Cl][Zr][Cl].[c-]1cccc2c1[Si]c1ccccc1-2. The van der Waals surface area contributed by atoms with E-state index in [4.69, 9.17) is 17.0 Å². The Bertz CT molecular complexity index is 2550. The minimum Gasteiger partial charge on any atom is -0.184 e. The summed E-state index contributed by atoms with van der Waals surface area (Å²) in [6.07, 6.45) is 4.71. The summed E-state index contributed by atoms with van der Waals surface area (Å²) in [5.41, 5.74) is 17.1. The molecule has 0 saturated carbocycles. The van der Waals surface area contributed by atoms with Gasteiger partial charge in [0.25, 0.3) is 0 Å². The number of rotatable bonds is 6. The number of fused-ring (bicyclic) bond motifs is 5. The van der Waals surface area contributed by atoms with Crippen LogP contribution in [-0.4, -0.2) is 9.52 Å². The number of benzene rings is 6. The van der Waals surface area contributed by atoms with E-state index < -0.39 is 20.8 Å². The van der Waals surface area contributed by atoms with Gasteiger partial charge in [0, 0.05) is 0 Å². The summed E-state index contributed by atoms with van der Waals surface area (Å²) >= 11 is -0.826. The minimum absolute atomic E-state index is 0.133. The molecule has 62 heavy (non-hydrogen) atoms. The Morgan fingerprint density at radius 1 is 0.548 bits per heavy atom. The average Bonchev–Trinajstić information content (AvgIpc) is 3.96. The van der Waals surface area contributed by atoms with Gasteiger partial charge in [0.2, 0.25) is 0 Å². The third kappa shape index (κ3) is 11.1. The van der Waals surface area contributed by atoms with Crippen molar-refractivity contribution in [2.24, 2.45) is 0 Å². The second-order valence-corrected chi connectivity index (χ2v) is 23.6. The molecule has 0 saturated heterocycles. The van der Waals surface area contributed by atoms with Gasteiger partial charge in [-0.05, 0) is 59.8 Å². The van der Waals surface area contributed by atoms with E-state index in [0.29, 0.717) is 0 Å². The summed E-state index contributed by atoms with van der Waals surface area (Å²) in [4.78, 5) is 0. The maximum atomic E-state index is 4.93. The summed E-state index contributed by atoms with van der Waals surface area (Å²) in [6.45, 7) is 22.8. The molecule has 0 spiro atoms. The van der Waals surface area contributed by atoms with Crippen molar-refractivity contribution in [3.05, 3.63) is 179 Å². The van der Waals surface area contributed by atoms with Crippen LogP contribution in [0, 0.1) is 19.9 Å². The standard InChI is InChI=1S/2C23H27.C12H7Si.2ClH.Zr/c2*1-6-9-17-14-18-12-13-21(23(3,4)5)22(20(18)15-17)19-11-8-7-10-16(19)2;1-3-7-11-9(5-1)10-6-2-4-8-12(10)13-11;;;/h2*7-8,10-15H,6,9H2,1-5H3;1-7H;2*1H;/q3*-1;;;+2/p-2. The molecule has 8 aromatic carbocycles. The molecular weight excluding hydrogens is 887 g/mol. The van der Waals surface area contributed by atoms with E-state index in [2.05, 4.69) is 209 Å². The molecule has 0 amide bonds. The van der Waals surface area contributed by atoms with E-state index in [1.165, 1.54) is 112 Å². The maximum absolute atomic E-state index is 4.93. The molecule has 0 nitrogen and oxygen atoms in total. The van der Waals surface area contributed by atoms with Crippen molar-refractivity contribution in [3.8, 4) is 33.4 Å². The van der Waals surface area contributed by atoms with Gasteiger partial charge in [0.05, 0.1) is 9.52 Å². The largest absolute Gasteiger partial charge is 0.184 e. The van der Waals surface area contributed by atoms with Gasteiger partial charge in [-0.1, -0.05) is 174 Å². The molecule has 318 valence electrons. The third-order valence-electron chi connectivity index (χ3n) is 11.8. The van der Waals surface area contributed by atoms with Gasteiger partial charge in [0.1, 0.15) is 0 Å². The first-order valence-corrected chi connectivity index (χ1v) is 29.4. The molecule has 4 heteroatoms. The summed E-state index contributed by atoms with van der Waals surface area (Å²) in [5, 5.41) is 8.40. The Morgan fingerprint density at radius 2 is 0.968 bits per heavy atom. The van der Waals surface area contributed by atoms with Gasteiger partial charge in [0.15, 0.2) is 0 Å². The first-order chi connectivity index (χ1) is 29.7. The van der Waals surface area contributed by atoms with Crippen LogP contribution >= 0.6 is 17.0 Å². The van der Waals surface area contributed by atoms with E-state index in [0.717, 1.165) is 22.4 Å². The fourth-order valence-corrected chi connectivity index (χ4v) is 10.1. The van der Waals surface area contributed by atoms with Crippen LogP contribution in [0.2, 0.25) is 0 Å². The number of hydrogen-bond donors (Lipinski definition) is 0. The van der Waals surface area contributed by atoms with Crippen molar-refractivity contribution < 1.29 is 20.8 Å². The molecule has 2 radical (unpaired) electrons. The van der Waals surface area contributed by atoms with Crippen molar-refractivity contribution in [2.75, 3.05) is 0 Å². The van der Waals surface area contributed by atoms with Crippen LogP contribution in [-0.2, 0) is 44.5 Å². The van der Waals surface area contributed by atoms with E-state index in [-0.39, 0.29) is 10.8 Å². The zero-order valence-corrected chi connectivity index (χ0v) is 43.3. The van der Waals surface area contributed by atoms with Crippen LogP contribution in [0.5, 0.6) is 0 Å². The monoisotopic (exact) mass is 945 g/mol. The van der Waals surface area contributed by atoms with Crippen LogP contribution < -0.4 is 10.4 Å². The maximum Gasteiger partial charge on any atom is 0.0920 e. The molecule has 1 aliphatic rings. The summed E-state index contributed by atoms with van der Waals surface area (Å²) in [5.74, 6) is 0. The predicted octanol–water partition coefficient (Wildman–Crippen LogP) is 16.1. The zero-order chi connectivity index (χ0) is 44.6. The van der Waals surface area contributed by atoms with E-state index in [9.17, 15) is 0 Å². The molecule has 0 aliphatic carbocycles. The Kier molecular flexibility index (Phi) is 16.4. The second kappa shape index (κ2) is 21.3. The van der Waals surface area contributed by atoms with Gasteiger partial charge in [-0.25, -0.2) is 0 Å². The van der Waals surface area contributed by atoms with Gasteiger partial charge in [-0.2, -0.15) is 41.6 Å². The zero-order valence-electron chi connectivity index (χ0n) is 38.4. The number of aryl methyl sites for hydroxylation is 4. The van der Waals surface area contributed by atoms with Crippen molar-refractivity contribution in [1.29, 1.82) is 0 Å².